The molecule has 1 aliphatic heterocycles. The molecule has 1 atom stereocenters. The second kappa shape index (κ2) is 7.64. The quantitative estimate of drug-likeness (QED) is 0.778. The fraction of sp³-hybridized carbons (Fsp3) is 0.533. The Hall–Kier alpha value is -1.30. The van der Waals surface area contributed by atoms with E-state index >= 15 is 0 Å². The van der Waals surface area contributed by atoms with Crippen LogP contribution < -0.4 is 10.1 Å². The normalized spacial score (nSPS) is 18.3. The lowest BCUT2D eigenvalue weighted by Gasteiger charge is -2.16. The highest BCUT2D eigenvalue weighted by molar-refractivity contribution is 6.30. The van der Waals surface area contributed by atoms with Crippen LogP contribution in [0.15, 0.2) is 18.2 Å². The van der Waals surface area contributed by atoms with Crippen LogP contribution in [0.3, 0.4) is 0 Å². The molecule has 116 valence electrons. The first-order chi connectivity index (χ1) is 10.1. The van der Waals surface area contributed by atoms with Gasteiger partial charge in [-0.05, 0) is 18.2 Å². The van der Waals surface area contributed by atoms with Gasteiger partial charge in [0.2, 0.25) is 0 Å². The van der Waals surface area contributed by atoms with Crippen molar-refractivity contribution in [2.75, 3.05) is 33.9 Å². The van der Waals surface area contributed by atoms with Gasteiger partial charge in [0.25, 0.3) is 5.91 Å². The molecule has 0 aliphatic carbocycles. The molecular weight excluding hydrogens is 292 g/mol. The van der Waals surface area contributed by atoms with Crippen molar-refractivity contribution in [1.29, 1.82) is 0 Å². The number of halogens is 1. The Kier molecular flexibility index (Phi) is 5.85. The SMILES string of the molecule is COCCNCc1cc(Cl)ccc1OC1CCN(C)C1=O. The Morgan fingerprint density at radius 1 is 1.48 bits per heavy atom. The maximum absolute atomic E-state index is 11.9. The van der Waals surface area contributed by atoms with Crippen LogP contribution >= 0.6 is 11.6 Å². The van der Waals surface area contributed by atoms with Crippen molar-refractivity contribution >= 4 is 17.5 Å². The zero-order chi connectivity index (χ0) is 15.2. The lowest BCUT2D eigenvalue weighted by molar-refractivity contribution is -0.132. The average Bonchev–Trinajstić information content (AvgIpc) is 2.78. The molecule has 1 aliphatic rings. The van der Waals surface area contributed by atoms with Gasteiger partial charge in [-0.3, -0.25) is 4.79 Å². The minimum atomic E-state index is -0.395. The Morgan fingerprint density at radius 3 is 2.95 bits per heavy atom. The highest BCUT2D eigenvalue weighted by Gasteiger charge is 2.31. The van der Waals surface area contributed by atoms with E-state index in [1.165, 1.54) is 0 Å². The van der Waals surface area contributed by atoms with Crippen molar-refractivity contribution < 1.29 is 14.3 Å². The number of benzene rings is 1. The molecule has 0 aromatic heterocycles. The number of carbonyl (C=O) groups is 1. The zero-order valence-electron chi connectivity index (χ0n) is 12.4. The number of carbonyl (C=O) groups excluding carboxylic acids is 1. The first-order valence-electron chi connectivity index (χ1n) is 7.01. The third kappa shape index (κ3) is 4.33. The van der Waals surface area contributed by atoms with Crippen LogP contribution in [0.4, 0.5) is 0 Å². The van der Waals surface area contributed by atoms with Crippen LogP contribution in [-0.4, -0.2) is 50.8 Å². The summed E-state index contributed by atoms with van der Waals surface area (Å²) in [6.45, 7) is 2.74. The highest BCUT2D eigenvalue weighted by Crippen LogP contribution is 2.26. The Balaban J connectivity index is 2.02. The molecule has 5 nitrogen and oxygen atoms in total. The van der Waals surface area contributed by atoms with Crippen LogP contribution in [0.1, 0.15) is 12.0 Å². The molecule has 2 rings (SSSR count). The summed E-state index contributed by atoms with van der Waals surface area (Å²) in [4.78, 5) is 13.6. The van der Waals surface area contributed by atoms with E-state index in [1.807, 2.05) is 12.1 Å². The van der Waals surface area contributed by atoms with Crippen molar-refractivity contribution in [2.24, 2.45) is 0 Å². The van der Waals surface area contributed by atoms with E-state index < -0.39 is 6.10 Å². The summed E-state index contributed by atoms with van der Waals surface area (Å²) in [5.41, 5.74) is 0.945. The van der Waals surface area contributed by atoms with E-state index in [9.17, 15) is 4.79 Å². The third-order valence-corrected chi connectivity index (χ3v) is 3.70. The van der Waals surface area contributed by atoms with Gasteiger partial charge in [-0.25, -0.2) is 0 Å². The summed E-state index contributed by atoms with van der Waals surface area (Å²) in [6, 6.07) is 5.46. The summed E-state index contributed by atoms with van der Waals surface area (Å²) < 4.78 is 10.9. The third-order valence-electron chi connectivity index (χ3n) is 3.47. The molecule has 6 heteroatoms. The van der Waals surface area contributed by atoms with Gasteiger partial charge in [-0.2, -0.15) is 0 Å². The van der Waals surface area contributed by atoms with Crippen molar-refractivity contribution in [3.05, 3.63) is 28.8 Å². The number of nitrogens with one attached hydrogen (secondary N) is 1. The molecule has 1 aromatic carbocycles. The van der Waals surface area contributed by atoms with Gasteiger partial charge in [-0.1, -0.05) is 11.6 Å². The number of hydrogen-bond donors (Lipinski definition) is 1. The van der Waals surface area contributed by atoms with E-state index in [0.29, 0.717) is 30.3 Å². The topological polar surface area (TPSA) is 50.8 Å². The standard InChI is InChI=1S/C15H21ClN2O3/c1-18-7-5-14(15(18)19)21-13-4-3-12(16)9-11(13)10-17-6-8-20-2/h3-4,9,14,17H,5-8,10H2,1-2H3. The predicted octanol–water partition coefficient (Wildman–Crippen LogP) is 1.69. The van der Waals surface area contributed by atoms with Crippen LogP contribution in [-0.2, 0) is 16.1 Å². The fourth-order valence-electron chi connectivity index (χ4n) is 2.25. The smallest absolute Gasteiger partial charge is 0.263 e. The van der Waals surface area contributed by atoms with Crippen LogP contribution in [0, 0.1) is 0 Å². The van der Waals surface area contributed by atoms with E-state index in [1.54, 1.807) is 25.1 Å². The number of hydrogen-bond acceptors (Lipinski definition) is 4. The van der Waals surface area contributed by atoms with Gasteiger partial charge in [0.15, 0.2) is 6.10 Å². The number of likely N-dealkylation sites (tertiary alicyclic amines) is 1. The van der Waals surface area contributed by atoms with Gasteiger partial charge < -0.3 is 19.7 Å². The Morgan fingerprint density at radius 2 is 2.29 bits per heavy atom. The van der Waals surface area contributed by atoms with E-state index in [-0.39, 0.29) is 5.91 Å². The van der Waals surface area contributed by atoms with Gasteiger partial charge >= 0.3 is 0 Å². The molecule has 0 bridgehead atoms. The fourth-order valence-corrected chi connectivity index (χ4v) is 2.45. The Bertz CT molecular complexity index is 496. The highest BCUT2D eigenvalue weighted by atomic mass is 35.5. The van der Waals surface area contributed by atoms with E-state index in [2.05, 4.69) is 5.32 Å². The largest absolute Gasteiger partial charge is 0.480 e. The minimum Gasteiger partial charge on any atom is -0.480 e. The number of amides is 1. The van der Waals surface area contributed by atoms with Gasteiger partial charge in [0.05, 0.1) is 6.61 Å². The van der Waals surface area contributed by atoms with E-state index in [0.717, 1.165) is 18.7 Å². The molecule has 1 heterocycles. The molecule has 1 N–H and O–H groups in total. The molecule has 1 fully saturated rings. The van der Waals surface area contributed by atoms with Crippen LogP contribution in [0.2, 0.25) is 5.02 Å². The van der Waals surface area contributed by atoms with E-state index in [4.69, 9.17) is 21.1 Å². The molecule has 0 spiro atoms. The summed E-state index contributed by atoms with van der Waals surface area (Å²) >= 11 is 6.04. The maximum Gasteiger partial charge on any atom is 0.263 e. The first kappa shape index (κ1) is 16.1. The summed E-state index contributed by atoms with van der Waals surface area (Å²) in [5.74, 6) is 0.737. The predicted molar refractivity (Wildman–Crippen MR) is 81.7 cm³/mol. The summed E-state index contributed by atoms with van der Waals surface area (Å²) in [5, 5.41) is 3.91. The average molecular weight is 313 g/mol. The molecule has 1 aromatic rings. The molecule has 1 amide bonds. The molecule has 21 heavy (non-hydrogen) atoms. The van der Waals surface area contributed by atoms with Gasteiger partial charge in [0.1, 0.15) is 5.75 Å². The second-order valence-corrected chi connectivity index (χ2v) is 5.51. The van der Waals surface area contributed by atoms with Gasteiger partial charge in [-0.15, -0.1) is 0 Å². The van der Waals surface area contributed by atoms with Crippen LogP contribution in [0.25, 0.3) is 0 Å². The molecule has 1 unspecified atom stereocenters. The summed E-state index contributed by atoms with van der Waals surface area (Å²) in [7, 11) is 3.46. The molecule has 0 saturated carbocycles. The number of rotatable bonds is 7. The Labute approximate surface area is 130 Å². The number of nitrogens with zero attached hydrogens (tertiary/aromatic N) is 1. The molecular formula is C15H21ClN2O3. The van der Waals surface area contributed by atoms with Crippen molar-refractivity contribution in [3.8, 4) is 5.75 Å². The maximum atomic E-state index is 11.9. The number of methoxy groups -OCH3 is 1. The molecule has 1 saturated heterocycles. The lowest BCUT2D eigenvalue weighted by Crippen LogP contribution is -2.30. The van der Waals surface area contributed by atoms with Crippen molar-refractivity contribution in [3.63, 3.8) is 0 Å². The minimum absolute atomic E-state index is 0.0308. The van der Waals surface area contributed by atoms with Crippen LogP contribution in [0.5, 0.6) is 5.75 Å². The second-order valence-electron chi connectivity index (χ2n) is 5.08. The van der Waals surface area contributed by atoms with Gasteiger partial charge in [0, 0.05) is 50.8 Å². The monoisotopic (exact) mass is 312 g/mol. The lowest BCUT2D eigenvalue weighted by atomic mass is 10.2. The van der Waals surface area contributed by atoms with Crippen molar-refractivity contribution in [1.82, 2.24) is 10.2 Å². The molecule has 0 radical (unpaired) electrons. The summed E-state index contributed by atoms with van der Waals surface area (Å²) in [6.07, 6.45) is 0.322. The van der Waals surface area contributed by atoms with Crippen molar-refractivity contribution in [2.45, 2.75) is 19.1 Å². The number of ether oxygens (including phenoxy) is 2. The zero-order valence-corrected chi connectivity index (χ0v) is 13.2. The number of likely N-dealkylation sites (N-methyl/N-ethyl adjacent to an activating group) is 1. The first-order valence-corrected chi connectivity index (χ1v) is 7.39.